The molecule has 1 saturated heterocycles. The molecule has 0 aromatic carbocycles. The van der Waals surface area contributed by atoms with Crippen molar-refractivity contribution in [3.8, 4) is 0 Å². The molecule has 0 spiro atoms. The highest BCUT2D eigenvalue weighted by Gasteiger charge is 2.22. The Bertz CT molecular complexity index is 690. The van der Waals surface area contributed by atoms with Crippen LogP contribution in [0.3, 0.4) is 0 Å². The molecule has 3 rings (SSSR count). The minimum absolute atomic E-state index is 0.0329. The lowest BCUT2D eigenvalue weighted by Crippen LogP contribution is -2.46. The number of carbonyl (C=O) groups excluding carboxylic acids is 1. The quantitative estimate of drug-likeness (QED) is 0.758. The first-order valence-corrected chi connectivity index (χ1v) is 6.59. The van der Waals surface area contributed by atoms with E-state index in [4.69, 9.17) is 4.74 Å². The Hall–Kier alpha value is -2.15. The number of pyridine rings is 1. The molecule has 2 aromatic heterocycles. The van der Waals surface area contributed by atoms with Crippen LogP contribution in [0.2, 0.25) is 0 Å². The van der Waals surface area contributed by atoms with Crippen molar-refractivity contribution in [1.29, 1.82) is 0 Å². The minimum atomic E-state index is -0.296. The predicted octanol–water partition coefficient (Wildman–Crippen LogP) is -0.257. The SMILES string of the molecule is CC1CN(C(=O)Cn2nc3ccccn3c2=O)CCO1. The summed E-state index contributed by atoms with van der Waals surface area (Å²) >= 11 is 0. The molecule has 3 heterocycles. The standard InChI is InChI=1S/C13H16N4O3/c1-10-8-15(6-7-20-10)12(18)9-17-13(19)16-5-3-2-4-11(16)14-17/h2-5,10H,6-9H2,1H3. The van der Waals surface area contributed by atoms with E-state index in [9.17, 15) is 9.59 Å². The summed E-state index contributed by atoms with van der Waals surface area (Å²) in [5, 5.41) is 4.15. The molecule has 106 valence electrons. The molecular weight excluding hydrogens is 260 g/mol. The fraction of sp³-hybridized carbons (Fsp3) is 0.462. The van der Waals surface area contributed by atoms with E-state index < -0.39 is 0 Å². The van der Waals surface area contributed by atoms with E-state index in [1.807, 2.05) is 6.92 Å². The highest BCUT2D eigenvalue weighted by molar-refractivity contribution is 5.76. The van der Waals surface area contributed by atoms with Gasteiger partial charge in [0.1, 0.15) is 6.54 Å². The Labute approximate surface area is 115 Å². The van der Waals surface area contributed by atoms with E-state index in [1.54, 1.807) is 29.3 Å². The average Bonchev–Trinajstić information content (AvgIpc) is 2.76. The number of aromatic nitrogens is 3. The van der Waals surface area contributed by atoms with E-state index in [-0.39, 0.29) is 24.2 Å². The lowest BCUT2D eigenvalue weighted by Gasteiger charge is -2.31. The number of morpholine rings is 1. The fourth-order valence-corrected chi connectivity index (χ4v) is 2.34. The second-order valence-corrected chi connectivity index (χ2v) is 4.89. The Morgan fingerprint density at radius 3 is 3.10 bits per heavy atom. The van der Waals surface area contributed by atoms with E-state index >= 15 is 0 Å². The normalized spacial score (nSPS) is 19.4. The van der Waals surface area contributed by atoms with Gasteiger partial charge in [0, 0.05) is 19.3 Å². The van der Waals surface area contributed by atoms with Gasteiger partial charge < -0.3 is 9.64 Å². The Balaban J connectivity index is 1.80. The van der Waals surface area contributed by atoms with Crippen molar-refractivity contribution in [1.82, 2.24) is 19.1 Å². The van der Waals surface area contributed by atoms with Gasteiger partial charge in [0.05, 0.1) is 12.7 Å². The van der Waals surface area contributed by atoms with Gasteiger partial charge in [-0.1, -0.05) is 6.07 Å². The summed E-state index contributed by atoms with van der Waals surface area (Å²) in [5.74, 6) is -0.106. The molecule has 0 N–H and O–H groups in total. The van der Waals surface area contributed by atoms with Crippen LogP contribution in [-0.4, -0.2) is 50.8 Å². The molecule has 0 saturated carbocycles. The molecule has 0 bridgehead atoms. The van der Waals surface area contributed by atoms with Crippen molar-refractivity contribution in [2.24, 2.45) is 0 Å². The molecule has 7 heteroatoms. The zero-order chi connectivity index (χ0) is 14.1. The Morgan fingerprint density at radius 1 is 1.50 bits per heavy atom. The predicted molar refractivity (Wildman–Crippen MR) is 71.4 cm³/mol. The molecular formula is C13H16N4O3. The first-order valence-electron chi connectivity index (χ1n) is 6.59. The van der Waals surface area contributed by atoms with Gasteiger partial charge in [-0.25, -0.2) is 9.48 Å². The monoisotopic (exact) mass is 276 g/mol. The van der Waals surface area contributed by atoms with Crippen LogP contribution in [0.15, 0.2) is 29.2 Å². The second-order valence-electron chi connectivity index (χ2n) is 4.89. The molecule has 7 nitrogen and oxygen atoms in total. The number of rotatable bonds is 2. The number of ether oxygens (including phenoxy) is 1. The van der Waals surface area contributed by atoms with Crippen LogP contribution in [0.25, 0.3) is 5.65 Å². The molecule has 2 aromatic rings. The van der Waals surface area contributed by atoms with Gasteiger partial charge in [0.2, 0.25) is 5.91 Å². The maximum atomic E-state index is 12.2. The Kier molecular flexibility index (Phi) is 3.27. The molecule has 0 aliphatic carbocycles. The van der Waals surface area contributed by atoms with Gasteiger partial charge >= 0.3 is 5.69 Å². The van der Waals surface area contributed by atoms with E-state index in [0.29, 0.717) is 25.3 Å². The van der Waals surface area contributed by atoms with Gasteiger partial charge in [0.15, 0.2) is 5.65 Å². The molecule has 20 heavy (non-hydrogen) atoms. The largest absolute Gasteiger partial charge is 0.375 e. The van der Waals surface area contributed by atoms with Crippen molar-refractivity contribution in [2.45, 2.75) is 19.6 Å². The second kappa shape index (κ2) is 5.09. The first-order chi connectivity index (χ1) is 9.65. The highest BCUT2D eigenvalue weighted by Crippen LogP contribution is 2.05. The van der Waals surface area contributed by atoms with E-state index in [1.165, 1.54) is 9.08 Å². The van der Waals surface area contributed by atoms with Gasteiger partial charge in [-0.2, -0.15) is 0 Å². The number of hydrogen-bond acceptors (Lipinski definition) is 4. The van der Waals surface area contributed by atoms with Crippen LogP contribution in [-0.2, 0) is 16.1 Å². The minimum Gasteiger partial charge on any atom is -0.375 e. The third-order valence-corrected chi connectivity index (χ3v) is 3.37. The van der Waals surface area contributed by atoms with Gasteiger partial charge in [-0.15, -0.1) is 5.10 Å². The summed E-state index contributed by atoms with van der Waals surface area (Å²) in [7, 11) is 0. The van der Waals surface area contributed by atoms with Crippen molar-refractivity contribution < 1.29 is 9.53 Å². The fourth-order valence-electron chi connectivity index (χ4n) is 2.34. The molecule has 1 amide bonds. The lowest BCUT2D eigenvalue weighted by atomic mass is 10.3. The molecule has 1 unspecified atom stereocenters. The highest BCUT2D eigenvalue weighted by atomic mass is 16.5. The number of fused-ring (bicyclic) bond motifs is 1. The van der Waals surface area contributed by atoms with Gasteiger partial charge in [0.25, 0.3) is 0 Å². The van der Waals surface area contributed by atoms with E-state index in [0.717, 1.165) is 0 Å². The molecule has 0 radical (unpaired) electrons. The van der Waals surface area contributed by atoms with Crippen molar-refractivity contribution >= 4 is 11.6 Å². The van der Waals surface area contributed by atoms with Crippen LogP contribution in [0.4, 0.5) is 0 Å². The summed E-state index contributed by atoms with van der Waals surface area (Å²) in [6.45, 7) is 3.54. The van der Waals surface area contributed by atoms with Gasteiger partial charge in [-0.3, -0.25) is 9.20 Å². The van der Waals surface area contributed by atoms with Crippen LogP contribution in [0.5, 0.6) is 0 Å². The average molecular weight is 276 g/mol. The third kappa shape index (κ3) is 2.32. The topological polar surface area (TPSA) is 68.8 Å². The third-order valence-electron chi connectivity index (χ3n) is 3.37. The Morgan fingerprint density at radius 2 is 2.35 bits per heavy atom. The van der Waals surface area contributed by atoms with Crippen LogP contribution in [0.1, 0.15) is 6.92 Å². The summed E-state index contributed by atoms with van der Waals surface area (Å²) in [5.41, 5.74) is 0.246. The summed E-state index contributed by atoms with van der Waals surface area (Å²) in [6.07, 6.45) is 1.67. The maximum absolute atomic E-state index is 12.2. The number of carbonyl (C=O) groups is 1. The molecule has 1 aliphatic rings. The van der Waals surface area contributed by atoms with Crippen LogP contribution in [0, 0.1) is 0 Å². The number of amides is 1. The zero-order valence-electron chi connectivity index (χ0n) is 11.2. The maximum Gasteiger partial charge on any atom is 0.350 e. The molecule has 1 fully saturated rings. The smallest absolute Gasteiger partial charge is 0.350 e. The number of hydrogen-bond donors (Lipinski definition) is 0. The zero-order valence-corrected chi connectivity index (χ0v) is 11.2. The van der Waals surface area contributed by atoms with Crippen molar-refractivity contribution in [3.63, 3.8) is 0 Å². The number of nitrogens with zero attached hydrogens (tertiary/aromatic N) is 4. The molecule has 1 atom stereocenters. The van der Waals surface area contributed by atoms with Crippen molar-refractivity contribution in [3.05, 3.63) is 34.9 Å². The first kappa shape index (κ1) is 12.9. The van der Waals surface area contributed by atoms with Crippen LogP contribution >= 0.6 is 0 Å². The lowest BCUT2D eigenvalue weighted by molar-refractivity contribution is -0.139. The summed E-state index contributed by atoms with van der Waals surface area (Å²) in [6, 6.07) is 5.29. The van der Waals surface area contributed by atoms with Crippen LogP contribution < -0.4 is 5.69 Å². The summed E-state index contributed by atoms with van der Waals surface area (Å²) < 4.78 is 8.03. The van der Waals surface area contributed by atoms with Crippen molar-refractivity contribution in [2.75, 3.05) is 19.7 Å². The van der Waals surface area contributed by atoms with E-state index in [2.05, 4.69) is 5.10 Å². The summed E-state index contributed by atoms with van der Waals surface area (Å²) in [4.78, 5) is 26.0. The van der Waals surface area contributed by atoms with Gasteiger partial charge in [-0.05, 0) is 19.1 Å². The molecule has 1 aliphatic heterocycles.